The van der Waals surface area contributed by atoms with E-state index in [2.05, 4.69) is 9.44 Å². The smallest absolute Gasteiger partial charge is 0.262 e. The summed E-state index contributed by atoms with van der Waals surface area (Å²) < 4.78 is 72.4. The van der Waals surface area contributed by atoms with Crippen molar-refractivity contribution in [3.05, 3.63) is 65.7 Å². The van der Waals surface area contributed by atoms with Gasteiger partial charge in [0.15, 0.2) is 11.5 Å². The number of hydrogen-bond donors (Lipinski definition) is 2. The molecule has 33 heavy (non-hydrogen) atoms. The Hall–Kier alpha value is -3.15. The van der Waals surface area contributed by atoms with E-state index in [9.17, 15) is 16.8 Å². The van der Waals surface area contributed by atoms with Crippen molar-refractivity contribution >= 4 is 43.0 Å². The molecule has 1 heterocycles. The van der Waals surface area contributed by atoms with Crippen LogP contribution >= 0.6 is 11.6 Å². The van der Waals surface area contributed by atoms with Gasteiger partial charge in [-0.3, -0.25) is 9.44 Å². The lowest BCUT2D eigenvalue weighted by Gasteiger charge is -2.19. The molecule has 12 heteroatoms. The minimum Gasteiger partial charge on any atom is -0.495 e. The summed E-state index contributed by atoms with van der Waals surface area (Å²) in [5, 5.41) is 0.0207. The number of methoxy groups -OCH3 is 1. The van der Waals surface area contributed by atoms with Gasteiger partial charge in [0.2, 0.25) is 0 Å². The first-order valence-corrected chi connectivity index (χ1v) is 12.9. The zero-order chi connectivity index (χ0) is 23.6. The van der Waals surface area contributed by atoms with E-state index in [4.69, 9.17) is 25.8 Å². The second-order valence-electron chi connectivity index (χ2n) is 6.86. The highest BCUT2D eigenvalue weighted by Crippen LogP contribution is 2.34. The summed E-state index contributed by atoms with van der Waals surface area (Å²) in [6.45, 7) is 0.673. The molecule has 0 fully saturated rings. The normalized spacial score (nSPS) is 13.3. The number of para-hydroxylation sites is 2. The largest absolute Gasteiger partial charge is 0.495 e. The second kappa shape index (κ2) is 9.00. The zero-order valence-electron chi connectivity index (χ0n) is 17.2. The Bertz CT molecular complexity index is 1410. The summed E-state index contributed by atoms with van der Waals surface area (Å²) in [5.41, 5.74) is 0.128. The summed E-state index contributed by atoms with van der Waals surface area (Å²) in [4.78, 5) is -0.291. The number of sulfonamides is 2. The predicted octanol–water partition coefficient (Wildman–Crippen LogP) is 3.72. The van der Waals surface area contributed by atoms with Gasteiger partial charge in [0.25, 0.3) is 20.0 Å². The SMILES string of the molecule is COc1ccccc1NS(=O)(=O)c1ccc(Cl)c(NS(=O)(=O)c2ccc3c(c2)OCCO3)c1. The van der Waals surface area contributed by atoms with Gasteiger partial charge in [-0.1, -0.05) is 23.7 Å². The van der Waals surface area contributed by atoms with E-state index in [0.717, 1.165) is 6.07 Å². The van der Waals surface area contributed by atoms with Gasteiger partial charge in [0, 0.05) is 6.07 Å². The number of anilines is 2. The molecule has 1 aliphatic rings. The van der Waals surface area contributed by atoms with Crippen LogP contribution in [0.25, 0.3) is 0 Å². The third-order valence-electron chi connectivity index (χ3n) is 4.67. The molecule has 0 unspecified atom stereocenters. The molecule has 2 N–H and O–H groups in total. The van der Waals surface area contributed by atoms with Crippen LogP contribution in [-0.4, -0.2) is 37.2 Å². The van der Waals surface area contributed by atoms with Crippen molar-refractivity contribution in [3.8, 4) is 17.2 Å². The highest BCUT2D eigenvalue weighted by Gasteiger charge is 2.23. The van der Waals surface area contributed by atoms with E-state index in [1.165, 1.54) is 43.5 Å². The third kappa shape index (κ3) is 4.95. The maximum Gasteiger partial charge on any atom is 0.262 e. The number of fused-ring (bicyclic) bond motifs is 1. The van der Waals surface area contributed by atoms with Crippen molar-refractivity contribution in [2.45, 2.75) is 9.79 Å². The van der Waals surface area contributed by atoms with Gasteiger partial charge >= 0.3 is 0 Å². The molecule has 0 aliphatic carbocycles. The summed E-state index contributed by atoms with van der Waals surface area (Å²) in [6.07, 6.45) is 0. The molecule has 0 amide bonds. The Balaban J connectivity index is 1.63. The van der Waals surface area contributed by atoms with Crippen LogP contribution in [0.3, 0.4) is 0 Å². The van der Waals surface area contributed by atoms with Crippen LogP contribution in [0, 0.1) is 0 Å². The van der Waals surface area contributed by atoms with Crippen molar-refractivity contribution in [1.29, 1.82) is 0 Å². The number of benzene rings is 3. The van der Waals surface area contributed by atoms with Crippen LogP contribution in [0.4, 0.5) is 11.4 Å². The van der Waals surface area contributed by atoms with Crippen LogP contribution in [0.1, 0.15) is 0 Å². The van der Waals surface area contributed by atoms with Crippen molar-refractivity contribution in [2.75, 3.05) is 29.8 Å². The summed E-state index contributed by atoms with van der Waals surface area (Å²) in [7, 11) is -6.77. The van der Waals surface area contributed by atoms with Crippen molar-refractivity contribution in [2.24, 2.45) is 0 Å². The quantitative estimate of drug-likeness (QED) is 0.497. The Kier molecular flexibility index (Phi) is 6.28. The van der Waals surface area contributed by atoms with Crippen LogP contribution < -0.4 is 23.7 Å². The Morgan fingerprint density at radius 3 is 2.12 bits per heavy atom. The van der Waals surface area contributed by atoms with E-state index in [1.54, 1.807) is 18.2 Å². The maximum absolute atomic E-state index is 12.9. The van der Waals surface area contributed by atoms with E-state index in [-0.39, 0.29) is 26.2 Å². The molecule has 0 bridgehead atoms. The lowest BCUT2D eigenvalue weighted by Crippen LogP contribution is -2.18. The fourth-order valence-electron chi connectivity index (χ4n) is 3.08. The number of rotatable bonds is 7. The minimum absolute atomic E-state index is 0.0207. The average molecular weight is 511 g/mol. The molecular weight excluding hydrogens is 492 g/mol. The van der Waals surface area contributed by atoms with E-state index >= 15 is 0 Å². The Labute approximate surface area is 196 Å². The lowest BCUT2D eigenvalue weighted by atomic mass is 10.3. The maximum atomic E-state index is 12.9. The number of halogens is 1. The molecule has 3 aromatic rings. The van der Waals surface area contributed by atoms with Crippen molar-refractivity contribution in [1.82, 2.24) is 0 Å². The fraction of sp³-hybridized carbons (Fsp3) is 0.143. The Morgan fingerprint density at radius 2 is 1.39 bits per heavy atom. The van der Waals surface area contributed by atoms with Gasteiger partial charge in [0.05, 0.1) is 33.3 Å². The molecule has 0 saturated carbocycles. The molecule has 0 aromatic heterocycles. The summed E-state index contributed by atoms with van der Waals surface area (Å²) in [6, 6.07) is 14.4. The monoisotopic (exact) mass is 510 g/mol. The van der Waals surface area contributed by atoms with Gasteiger partial charge in [-0.15, -0.1) is 0 Å². The molecule has 0 radical (unpaired) electrons. The molecular formula is C21H19ClN2O7S2. The molecule has 0 atom stereocenters. The molecule has 0 spiro atoms. The topological polar surface area (TPSA) is 120 Å². The van der Waals surface area contributed by atoms with Crippen LogP contribution in [0.2, 0.25) is 5.02 Å². The predicted molar refractivity (Wildman–Crippen MR) is 123 cm³/mol. The van der Waals surface area contributed by atoms with E-state index in [0.29, 0.717) is 30.5 Å². The molecule has 0 saturated heterocycles. The van der Waals surface area contributed by atoms with Gasteiger partial charge in [-0.2, -0.15) is 0 Å². The molecule has 9 nitrogen and oxygen atoms in total. The van der Waals surface area contributed by atoms with Gasteiger partial charge in [0.1, 0.15) is 19.0 Å². The molecule has 1 aliphatic heterocycles. The van der Waals surface area contributed by atoms with E-state index < -0.39 is 20.0 Å². The van der Waals surface area contributed by atoms with Crippen LogP contribution in [0.5, 0.6) is 17.2 Å². The third-order valence-corrected chi connectivity index (χ3v) is 7.72. The molecule has 174 valence electrons. The number of hydrogen-bond acceptors (Lipinski definition) is 7. The average Bonchev–Trinajstić information content (AvgIpc) is 2.80. The minimum atomic E-state index is -4.11. The number of nitrogens with one attached hydrogen (secondary N) is 2. The summed E-state index contributed by atoms with van der Waals surface area (Å²) >= 11 is 6.16. The van der Waals surface area contributed by atoms with Crippen LogP contribution in [-0.2, 0) is 20.0 Å². The summed E-state index contributed by atoms with van der Waals surface area (Å²) in [5.74, 6) is 1.07. The first-order chi connectivity index (χ1) is 15.7. The number of ether oxygens (including phenoxy) is 3. The lowest BCUT2D eigenvalue weighted by molar-refractivity contribution is 0.171. The zero-order valence-corrected chi connectivity index (χ0v) is 19.6. The fourth-order valence-corrected chi connectivity index (χ4v) is 5.48. The Morgan fingerprint density at radius 1 is 0.788 bits per heavy atom. The highest BCUT2D eigenvalue weighted by molar-refractivity contribution is 7.93. The van der Waals surface area contributed by atoms with Crippen LogP contribution in [0.15, 0.2) is 70.5 Å². The van der Waals surface area contributed by atoms with Gasteiger partial charge in [-0.05, 0) is 42.5 Å². The van der Waals surface area contributed by atoms with E-state index in [1.807, 2.05) is 0 Å². The first kappa shape index (κ1) is 23.0. The van der Waals surface area contributed by atoms with Gasteiger partial charge < -0.3 is 14.2 Å². The standard InChI is InChI=1S/C21H19ClN2O7S2/c1-29-19-5-3-2-4-17(19)23-32(25,26)14-6-8-16(22)18(12-14)24-33(27,28)15-7-9-20-21(13-15)31-11-10-30-20/h2-9,12-13,23-24H,10-11H2,1H3. The van der Waals surface area contributed by atoms with Crippen molar-refractivity contribution in [3.63, 3.8) is 0 Å². The first-order valence-electron chi connectivity index (χ1n) is 9.57. The molecule has 3 aromatic carbocycles. The molecule has 4 rings (SSSR count). The highest BCUT2D eigenvalue weighted by atomic mass is 35.5. The van der Waals surface area contributed by atoms with Crippen molar-refractivity contribution < 1.29 is 31.0 Å². The second-order valence-corrected chi connectivity index (χ2v) is 10.6. The van der Waals surface area contributed by atoms with Gasteiger partial charge in [-0.25, -0.2) is 16.8 Å².